The van der Waals surface area contributed by atoms with Gasteiger partial charge in [0, 0.05) is 10.9 Å². The molecule has 0 spiro atoms. The molecule has 0 bridgehead atoms. The number of amides is 1. The van der Waals surface area contributed by atoms with E-state index in [1.165, 1.54) is 16.6 Å². The van der Waals surface area contributed by atoms with E-state index in [9.17, 15) is 18.0 Å². The van der Waals surface area contributed by atoms with Gasteiger partial charge in [-0.3, -0.25) is 14.2 Å². The smallest absolute Gasteiger partial charge is 0.267 e. The number of benzene rings is 1. The van der Waals surface area contributed by atoms with Crippen LogP contribution in [0.1, 0.15) is 30.2 Å². The molecule has 1 amide bonds. The van der Waals surface area contributed by atoms with E-state index in [2.05, 4.69) is 12.2 Å². The maximum absolute atomic E-state index is 13.7. The molecule has 1 saturated heterocycles. The van der Waals surface area contributed by atoms with E-state index >= 15 is 0 Å². The Morgan fingerprint density at radius 2 is 2.06 bits per heavy atom. The zero-order valence-electron chi connectivity index (χ0n) is 18.2. The molecule has 3 heterocycles. The summed E-state index contributed by atoms with van der Waals surface area (Å²) in [6, 6.07) is 9.02. The van der Waals surface area contributed by atoms with E-state index in [4.69, 9.17) is 4.98 Å². The van der Waals surface area contributed by atoms with E-state index in [1.54, 1.807) is 15.9 Å². The van der Waals surface area contributed by atoms with Crippen LogP contribution in [0.15, 0.2) is 40.3 Å². The first-order valence-corrected chi connectivity index (χ1v) is 14.7. The Labute approximate surface area is 200 Å². The fourth-order valence-electron chi connectivity index (χ4n) is 4.58. The first kappa shape index (κ1) is 22.6. The molecule has 0 unspecified atom stereocenters. The summed E-state index contributed by atoms with van der Waals surface area (Å²) in [4.78, 5) is 33.1. The molecule has 1 aliphatic heterocycles. The van der Waals surface area contributed by atoms with Gasteiger partial charge in [0.2, 0.25) is 5.91 Å². The molecule has 0 radical (unpaired) electrons. The molecule has 33 heavy (non-hydrogen) atoms. The monoisotopic (exact) mass is 503 g/mol. The van der Waals surface area contributed by atoms with Crippen molar-refractivity contribution in [3.05, 3.63) is 51.1 Å². The Hall–Kier alpha value is -2.17. The number of para-hydroxylation sites is 1. The number of nitrogens with one attached hydrogen (secondary N) is 1. The molecule has 2 aliphatic rings. The first-order valence-electron chi connectivity index (χ1n) is 11.1. The number of thioether (sulfide) groups is 1. The van der Waals surface area contributed by atoms with Gasteiger partial charge in [0.25, 0.3) is 5.56 Å². The highest BCUT2D eigenvalue weighted by Crippen LogP contribution is 2.37. The van der Waals surface area contributed by atoms with Crippen molar-refractivity contribution in [3.63, 3.8) is 0 Å². The van der Waals surface area contributed by atoms with Crippen LogP contribution in [-0.2, 0) is 27.5 Å². The third-order valence-corrected chi connectivity index (χ3v) is 10.1. The van der Waals surface area contributed by atoms with Gasteiger partial charge in [0.05, 0.1) is 28.3 Å². The molecule has 1 aromatic carbocycles. The highest BCUT2D eigenvalue weighted by Gasteiger charge is 2.29. The molecule has 3 aromatic rings. The molecule has 2 atom stereocenters. The van der Waals surface area contributed by atoms with Crippen LogP contribution in [0.25, 0.3) is 15.9 Å². The molecular formula is C23H25N3O4S3. The van der Waals surface area contributed by atoms with Gasteiger partial charge in [-0.1, -0.05) is 36.9 Å². The quantitative estimate of drug-likeness (QED) is 0.425. The normalized spacial score (nSPS) is 21.7. The number of aryl methyl sites for hydroxylation is 1. The molecular weight excluding hydrogens is 478 g/mol. The van der Waals surface area contributed by atoms with Crippen molar-refractivity contribution >= 4 is 49.1 Å². The van der Waals surface area contributed by atoms with Gasteiger partial charge >= 0.3 is 0 Å². The number of thiophene rings is 1. The summed E-state index contributed by atoms with van der Waals surface area (Å²) in [5, 5.41) is 3.99. The molecule has 7 nitrogen and oxygen atoms in total. The largest absolute Gasteiger partial charge is 0.352 e. The number of sulfone groups is 1. The Balaban J connectivity index is 1.48. The summed E-state index contributed by atoms with van der Waals surface area (Å²) >= 11 is 2.80. The van der Waals surface area contributed by atoms with Gasteiger partial charge in [-0.25, -0.2) is 13.4 Å². The van der Waals surface area contributed by atoms with Crippen molar-refractivity contribution in [2.45, 2.75) is 43.8 Å². The Bertz CT molecular complexity index is 1380. The number of fused-ring (bicyclic) bond motifs is 3. The lowest BCUT2D eigenvalue weighted by atomic mass is 9.89. The number of rotatable bonds is 5. The predicted molar refractivity (Wildman–Crippen MR) is 132 cm³/mol. The number of aromatic nitrogens is 2. The van der Waals surface area contributed by atoms with E-state index in [0.29, 0.717) is 28.6 Å². The summed E-state index contributed by atoms with van der Waals surface area (Å²) < 4.78 is 24.9. The second kappa shape index (κ2) is 8.88. The van der Waals surface area contributed by atoms with E-state index in [0.717, 1.165) is 29.7 Å². The third-order valence-electron chi connectivity index (χ3n) is 6.24. The Morgan fingerprint density at radius 3 is 2.79 bits per heavy atom. The minimum atomic E-state index is -3.06. The average Bonchev–Trinajstić information content (AvgIpc) is 3.31. The van der Waals surface area contributed by atoms with Gasteiger partial charge in [-0.05, 0) is 49.3 Å². The Kier molecular flexibility index (Phi) is 6.09. The van der Waals surface area contributed by atoms with Crippen LogP contribution < -0.4 is 10.9 Å². The maximum Gasteiger partial charge on any atom is 0.267 e. The summed E-state index contributed by atoms with van der Waals surface area (Å²) in [7, 11) is -3.06. The Morgan fingerprint density at radius 1 is 1.27 bits per heavy atom. The van der Waals surface area contributed by atoms with Crippen LogP contribution in [-0.4, -0.2) is 47.2 Å². The molecule has 174 valence electrons. The highest BCUT2D eigenvalue weighted by atomic mass is 32.2. The minimum Gasteiger partial charge on any atom is -0.352 e. The third kappa shape index (κ3) is 4.61. The van der Waals surface area contributed by atoms with Gasteiger partial charge in [0.1, 0.15) is 4.83 Å². The lowest BCUT2D eigenvalue weighted by molar-refractivity contribution is -0.119. The molecule has 5 rings (SSSR count). The lowest BCUT2D eigenvalue weighted by Gasteiger charge is -2.18. The van der Waals surface area contributed by atoms with E-state index in [1.807, 2.05) is 30.3 Å². The van der Waals surface area contributed by atoms with Crippen LogP contribution in [0.4, 0.5) is 0 Å². The fourth-order valence-corrected chi connectivity index (χ4v) is 8.50. The van der Waals surface area contributed by atoms with Gasteiger partial charge < -0.3 is 5.32 Å². The molecule has 0 saturated carbocycles. The first-order chi connectivity index (χ1) is 15.8. The van der Waals surface area contributed by atoms with Crippen LogP contribution in [0.5, 0.6) is 0 Å². The van der Waals surface area contributed by atoms with Gasteiger partial charge in [-0.2, -0.15) is 0 Å². The van der Waals surface area contributed by atoms with Crippen molar-refractivity contribution in [1.82, 2.24) is 14.9 Å². The van der Waals surface area contributed by atoms with Crippen molar-refractivity contribution in [3.8, 4) is 5.69 Å². The van der Waals surface area contributed by atoms with Crippen LogP contribution in [0.3, 0.4) is 0 Å². The van der Waals surface area contributed by atoms with Crippen molar-refractivity contribution < 1.29 is 13.2 Å². The van der Waals surface area contributed by atoms with E-state index < -0.39 is 9.84 Å². The molecule has 2 aromatic heterocycles. The molecule has 1 aliphatic carbocycles. The number of carbonyl (C=O) groups is 1. The SMILES string of the molecule is C[C@@H]1CCc2c(sc3nc(SCC(=O)N[C@@H]4CCS(=O)(=O)C4)n(-c4ccccc4)c(=O)c23)C1. The summed E-state index contributed by atoms with van der Waals surface area (Å²) in [6.07, 6.45) is 3.37. The maximum atomic E-state index is 13.7. The van der Waals surface area contributed by atoms with E-state index in [-0.39, 0.29) is 34.8 Å². The minimum absolute atomic E-state index is 0.0124. The van der Waals surface area contributed by atoms with Crippen LogP contribution >= 0.6 is 23.1 Å². The second-order valence-electron chi connectivity index (χ2n) is 8.86. The topological polar surface area (TPSA) is 98.1 Å². The van der Waals surface area contributed by atoms with Crippen molar-refractivity contribution in [2.75, 3.05) is 17.3 Å². The fraction of sp³-hybridized carbons (Fsp3) is 0.435. The van der Waals surface area contributed by atoms with Crippen molar-refractivity contribution in [2.24, 2.45) is 5.92 Å². The number of hydrogen-bond donors (Lipinski definition) is 1. The zero-order chi connectivity index (χ0) is 23.2. The summed E-state index contributed by atoms with van der Waals surface area (Å²) in [6.45, 7) is 2.23. The highest BCUT2D eigenvalue weighted by molar-refractivity contribution is 7.99. The number of hydrogen-bond acceptors (Lipinski definition) is 7. The molecule has 10 heteroatoms. The number of nitrogens with zero attached hydrogens (tertiary/aromatic N) is 2. The molecule has 1 fully saturated rings. The van der Waals surface area contributed by atoms with Gasteiger partial charge in [0.15, 0.2) is 15.0 Å². The number of carbonyl (C=O) groups excluding carboxylic acids is 1. The van der Waals surface area contributed by atoms with Crippen molar-refractivity contribution in [1.29, 1.82) is 0 Å². The average molecular weight is 504 g/mol. The second-order valence-corrected chi connectivity index (χ2v) is 13.1. The summed E-state index contributed by atoms with van der Waals surface area (Å²) in [5.41, 5.74) is 1.75. The zero-order valence-corrected chi connectivity index (χ0v) is 20.7. The predicted octanol–water partition coefficient (Wildman–Crippen LogP) is 2.97. The summed E-state index contributed by atoms with van der Waals surface area (Å²) in [5.74, 6) is 0.498. The lowest BCUT2D eigenvalue weighted by Crippen LogP contribution is -2.36. The molecule has 1 N–H and O–H groups in total. The standard InChI is InChI=1S/C23H25N3O4S3/c1-14-7-8-17-18(11-14)32-21-20(17)22(28)26(16-5-3-2-4-6-16)23(25-21)31-12-19(27)24-15-9-10-33(29,30)13-15/h2-6,14-15H,7-13H2,1H3,(H,24,27)/t14-,15-/m1/s1. The van der Waals surface area contributed by atoms with Crippen LogP contribution in [0.2, 0.25) is 0 Å². The van der Waals surface area contributed by atoms with Crippen LogP contribution in [0, 0.1) is 5.92 Å². The van der Waals surface area contributed by atoms with Gasteiger partial charge in [-0.15, -0.1) is 11.3 Å².